The van der Waals surface area contributed by atoms with E-state index in [1.165, 1.54) is 0 Å². The highest BCUT2D eigenvalue weighted by atomic mass is 28.4. The zero-order valence-electron chi connectivity index (χ0n) is 15.7. The number of aliphatic hydroxyl groups excluding tert-OH is 1. The number of hydrogen-bond acceptors (Lipinski definition) is 4. The lowest BCUT2D eigenvalue weighted by atomic mass is 9.48. The van der Waals surface area contributed by atoms with E-state index in [0.717, 1.165) is 25.7 Å². The smallest absolute Gasteiger partial charge is 0.313 e. The minimum absolute atomic E-state index is 0.0347. The van der Waals surface area contributed by atoms with Gasteiger partial charge in [-0.25, -0.2) is 0 Å². The Hall–Kier alpha value is -0.653. The van der Waals surface area contributed by atoms with E-state index in [-0.39, 0.29) is 23.7 Å². The first-order chi connectivity index (χ1) is 11.0. The van der Waals surface area contributed by atoms with Crippen molar-refractivity contribution in [3.8, 4) is 0 Å². The Balaban J connectivity index is 2.05. The van der Waals surface area contributed by atoms with Gasteiger partial charge >= 0.3 is 5.97 Å². The average molecular weight is 353 g/mol. The molecule has 1 heterocycles. The van der Waals surface area contributed by atoms with Gasteiger partial charge in [0.05, 0.1) is 24.0 Å². The summed E-state index contributed by atoms with van der Waals surface area (Å²) in [5.74, 6) is -0.264. The van der Waals surface area contributed by atoms with E-state index in [1.807, 2.05) is 6.08 Å². The third-order valence-electron chi connectivity index (χ3n) is 7.41. The molecule has 0 aromatic heterocycles. The number of hydrogen-bond donors (Lipinski definition) is 1. The molecule has 24 heavy (non-hydrogen) atoms. The second-order valence-electron chi connectivity index (χ2n) is 9.50. The molecule has 1 N–H and O–H groups in total. The lowest BCUT2D eigenvalue weighted by Gasteiger charge is -2.60. The highest BCUT2D eigenvalue weighted by Gasteiger charge is 2.73. The Morgan fingerprint density at radius 3 is 2.67 bits per heavy atom. The fraction of sp³-hybridized carbons (Fsp3) is 0.842. The van der Waals surface area contributed by atoms with Crippen molar-refractivity contribution in [2.75, 3.05) is 6.61 Å². The molecule has 136 valence electrons. The highest BCUT2D eigenvalue weighted by Crippen LogP contribution is 2.66. The summed E-state index contributed by atoms with van der Waals surface area (Å²) >= 11 is 0. The fourth-order valence-electron chi connectivity index (χ4n) is 5.05. The molecular weight excluding hydrogens is 320 g/mol. The first kappa shape index (κ1) is 18.1. The lowest BCUT2D eigenvalue weighted by Crippen LogP contribution is -2.65. The van der Waals surface area contributed by atoms with Crippen LogP contribution in [0.2, 0.25) is 18.1 Å². The standard InChI is InChI=1S/C19H32O4Si/c1-7-18-11-13-8-9-19(18,14(12-20)16(21)22-18)15(10-13)23-24(5,6)17(2,3)4/h7,13-15,20H,1,8-12H2,2-6H3/t13-,14+,15-,18+,19-/m0/s1. The van der Waals surface area contributed by atoms with Crippen molar-refractivity contribution in [2.45, 2.75) is 76.3 Å². The van der Waals surface area contributed by atoms with Gasteiger partial charge in [-0.05, 0) is 55.8 Å². The number of fused-ring (bicyclic) bond motifs is 2. The molecule has 1 spiro atoms. The molecule has 0 unspecified atom stereocenters. The van der Waals surface area contributed by atoms with Gasteiger partial charge < -0.3 is 14.3 Å². The van der Waals surface area contributed by atoms with Crippen molar-refractivity contribution in [1.29, 1.82) is 0 Å². The third kappa shape index (κ3) is 2.20. The van der Waals surface area contributed by atoms with Crippen LogP contribution in [-0.2, 0) is 14.0 Å². The van der Waals surface area contributed by atoms with Crippen LogP contribution in [0.3, 0.4) is 0 Å². The van der Waals surface area contributed by atoms with E-state index in [2.05, 4.69) is 40.4 Å². The van der Waals surface area contributed by atoms with Crippen molar-refractivity contribution in [3.05, 3.63) is 12.7 Å². The summed E-state index contributed by atoms with van der Waals surface area (Å²) in [7, 11) is -1.99. The van der Waals surface area contributed by atoms with Gasteiger partial charge in [0, 0.05) is 0 Å². The molecule has 4 aliphatic rings. The molecule has 5 heteroatoms. The number of rotatable bonds is 4. The Labute approximate surface area is 146 Å². The maximum atomic E-state index is 12.6. The van der Waals surface area contributed by atoms with Crippen molar-refractivity contribution in [1.82, 2.24) is 0 Å². The second-order valence-corrected chi connectivity index (χ2v) is 14.3. The van der Waals surface area contributed by atoms with Gasteiger partial charge in [0.15, 0.2) is 8.32 Å². The minimum Gasteiger partial charge on any atom is -0.454 e. The molecule has 0 amide bonds. The lowest BCUT2D eigenvalue weighted by molar-refractivity contribution is -0.176. The van der Waals surface area contributed by atoms with Crippen molar-refractivity contribution >= 4 is 14.3 Å². The Morgan fingerprint density at radius 1 is 1.46 bits per heavy atom. The summed E-state index contributed by atoms with van der Waals surface area (Å²) in [5.41, 5.74) is -1.11. The summed E-state index contributed by atoms with van der Waals surface area (Å²) in [6, 6.07) is 0. The van der Waals surface area contributed by atoms with E-state index >= 15 is 0 Å². The summed E-state index contributed by atoms with van der Waals surface area (Å²) in [5, 5.41) is 10.1. The molecule has 3 aliphatic carbocycles. The molecule has 3 saturated carbocycles. The molecule has 1 saturated heterocycles. The number of carbonyl (C=O) groups excluding carboxylic acids is 1. The summed E-state index contributed by atoms with van der Waals surface area (Å²) < 4.78 is 12.7. The van der Waals surface area contributed by atoms with Gasteiger partial charge in [0.25, 0.3) is 0 Å². The van der Waals surface area contributed by atoms with Gasteiger partial charge in [-0.3, -0.25) is 4.79 Å². The van der Waals surface area contributed by atoms with Crippen molar-refractivity contribution < 1.29 is 19.1 Å². The van der Waals surface area contributed by atoms with Gasteiger partial charge in [0.2, 0.25) is 0 Å². The molecule has 4 fully saturated rings. The fourth-order valence-corrected chi connectivity index (χ4v) is 6.42. The molecule has 0 aromatic rings. The zero-order valence-corrected chi connectivity index (χ0v) is 16.7. The molecule has 2 bridgehead atoms. The number of aliphatic hydroxyl groups is 1. The van der Waals surface area contributed by atoms with Crippen LogP contribution >= 0.6 is 0 Å². The van der Waals surface area contributed by atoms with Gasteiger partial charge in [-0.1, -0.05) is 27.4 Å². The largest absolute Gasteiger partial charge is 0.454 e. The number of esters is 1. The van der Waals surface area contributed by atoms with Crippen molar-refractivity contribution in [2.24, 2.45) is 17.3 Å². The van der Waals surface area contributed by atoms with Crippen molar-refractivity contribution in [3.63, 3.8) is 0 Å². The van der Waals surface area contributed by atoms with E-state index in [4.69, 9.17) is 9.16 Å². The van der Waals surface area contributed by atoms with E-state index in [1.54, 1.807) is 0 Å². The maximum absolute atomic E-state index is 12.6. The van der Waals surface area contributed by atoms with Crippen LogP contribution in [0.1, 0.15) is 46.5 Å². The summed E-state index contributed by atoms with van der Waals surface area (Å²) in [6.45, 7) is 15.1. The van der Waals surface area contributed by atoms with E-state index in [9.17, 15) is 9.90 Å². The Bertz CT molecular complexity index is 552. The van der Waals surface area contributed by atoms with Crippen LogP contribution in [0.15, 0.2) is 12.7 Å². The molecule has 4 rings (SSSR count). The number of ether oxygens (including phenoxy) is 1. The Kier molecular flexibility index (Phi) is 4.10. The first-order valence-corrected chi connectivity index (χ1v) is 12.1. The maximum Gasteiger partial charge on any atom is 0.313 e. The van der Waals surface area contributed by atoms with E-state index in [0.29, 0.717) is 5.92 Å². The Morgan fingerprint density at radius 2 is 2.12 bits per heavy atom. The molecule has 4 nitrogen and oxygen atoms in total. The van der Waals surface area contributed by atoms with Crippen LogP contribution in [0.25, 0.3) is 0 Å². The van der Waals surface area contributed by atoms with E-state index < -0.39 is 25.3 Å². The number of carbonyl (C=O) groups is 1. The molecule has 5 atom stereocenters. The predicted octanol–water partition coefficient (Wildman–Crippen LogP) is 3.66. The van der Waals surface area contributed by atoms with Gasteiger partial charge in [-0.2, -0.15) is 0 Å². The molecule has 1 aliphatic heterocycles. The van der Waals surface area contributed by atoms with Gasteiger partial charge in [0.1, 0.15) is 5.60 Å². The second kappa shape index (κ2) is 5.42. The highest BCUT2D eigenvalue weighted by molar-refractivity contribution is 6.74. The summed E-state index contributed by atoms with van der Waals surface area (Å²) in [4.78, 5) is 12.6. The normalized spacial score (nSPS) is 41.9. The van der Waals surface area contributed by atoms with Crippen LogP contribution in [0.4, 0.5) is 0 Å². The zero-order chi connectivity index (χ0) is 18.0. The molecular formula is C19H32O4Si. The van der Waals surface area contributed by atoms with Crippen LogP contribution < -0.4 is 0 Å². The first-order valence-electron chi connectivity index (χ1n) is 9.18. The molecule has 0 aromatic carbocycles. The van der Waals surface area contributed by atoms with Crippen LogP contribution in [-0.4, -0.2) is 37.7 Å². The molecule has 0 radical (unpaired) electrons. The SMILES string of the molecule is C=C[C@@]12C[C@H]3CC[C@@]1([C@@H](O[Si](C)(C)C(C)(C)C)C3)[C@H](CO)C(=O)O2. The average Bonchev–Trinajstić information content (AvgIpc) is 2.73. The van der Waals surface area contributed by atoms with Crippen LogP contribution in [0, 0.1) is 17.3 Å². The third-order valence-corrected chi connectivity index (χ3v) is 11.9. The predicted molar refractivity (Wildman–Crippen MR) is 96.1 cm³/mol. The monoisotopic (exact) mass is 352 g/mol. The van der Waals surface area contributed by atoms with Crippen LogP contribution in [0.5, 0.6) is 0 Å². The minimum atomic E-state index is -1.99. The van der Waals surface area contributed by atoms with Gasteiger partial charge in [-0.15, -0.1) is 0 Å². The quantitative estimate of drug-likeness (QED) is 0.477. The topological polar surface area (TPSA) is 55.8 Å². The summed E-state index contributed by atoms with van der Waals surface area (Å²) in [6.07, 6.45) is 5.55.